The summed E-state index contributed by atoms with van der Waals surface area (Å²) in [5.74, 6) is 0.927. The van der Waals surface area contributed by atoms with Crippen LogP contribution in [0.4, 0.5) is 0 Å². The molecule has 3 atom stereocenters. The Morgan fingerprint density at radius 1 is 1.33 bits per heavy atom. The van der Waals surface area contributed by atoms with Crippen LogP contribution in [-0.2, 0) is 4.79 Å². The quantitative estimate of drug-likeness (QED) is 0.874. The smallest absolute Gasteiger partial charge is 0.220 e. The zero-order valence-corrected chi connectivity index (χ0v) is 13.4. The Labute approximate surface area is 128 Å². The maximum absolute atomic E-state index is 12.4. The lowest BCUT2D eigenvalue weighted by Gasteiger charge is -2.31. The van der Waals surface area contributed by atoms with Crippen LogP contribution >= 0.6 is 0 Å². The minimum absolute atomic E-state index is 0.179. The molecule has 116 valence electrons. The molecule has 1 fully saturated rings. The van der Waals surface area contributed by atoms with E-state index in [0.717, 1.165) is 19.4 Å². The van der Waals surface area contributed by atoms with E-state index >= 15 is 0 Å². The van der Waals surface area contributed by atoms with Gasteiger partial charge in [-0.15, -0.1) is 0 Å². The highest BCUT2D eigenvalue weighted by atomic mass is 16.1. The predicted molar refractivity (Wildman–Crippen MR) is 87.3 cm³/mol. The molecule has 3 nitrogen and oxygen atoms in total. The fraction of sp³-hybridized carbons (Fsp3) is 0.611. The van der Waals surface area contributed by atoms with Crippen LogP contribution in [0.25, 0.3) is 0 Å². The first kappa shape index (κ1) is 16.0. The molecule has 1 heterocycles. The summed E-state index contributed by atoms with van der Waals surface area (Å²) < 4.78 is 0. The Morgan fingerprint density at radius 2 is 2.05 bits per heavy atom. The second-order valence-corrected chi connectivity index (χ2v) is 6.52. The molecule has 2 N–H and O–H groups in total. The van der Waals surface area contributed by atoms with Crippen molar-refractivity contribution in [2.75, 3.05) is 6.54 Å². The molecular weight excluding hydrogens is 260 g/mol. The number of hydrogen-bond donors (Lipinski definition) is 2. The highest BCUT2D eigenvalue weighted by molar-refractivity contribution is 5.77. The third-order valence-electron chi connectivity index (χ3n) is 4.55. The summed E-state index contributed by atoms with van der Waals surface area (Å²) in [6, 6.07) is 11.0. The zero-order chi connectivity index (χ0) is 15.2. The van der Waals surface area contributed by atoms with E-state index in [9.17, 15) is 4.79 Å². The molecule has 0 bridgehead atoms. The lowest BCUT2D eigenvalue weighted by atomic mass is 9.85. The van der Waals surface area contributed by atoms with Crippen molar-refractivity contribution in [2.45, 2.75) is 58.0 Å². The number of nitrogens with one attached hydrogen (secondary N) is 2. The number of carbonyl (C=O) groups excluding carboxylic acids is 1. The molecule has 1 aromatic carbocycles. The van der Waals surface area contributed by atoms with Crippen molar-refractivity contribution in [2.24, 2.45) is 5.92 Å². The third-order valence-corrected chi connectivity index (χ3v) is 4.55. The second kappa shape index (κ2) is 7.60. The van der Waals surface area contributed by atoms with Gasteiger partial charge in [-0.2, -0.15) is 0 Å². The van der Waals surface area contributed by atoms with E-state index in [0.29, 0.717) is 18.4 Å². The van der Waals surface area contributed by atoms with Crippen molar-refractivity contribution in [3.8, 4) is 0 Å². The van der Waals surface area contributed by atoms with Crippen molar-refractivity contribution < 1.29 is 4.79 Å². The Bertz CT molecular complexity index is 444. The molecule has 0 saturated carbocycles. The summed E-state index contributed by atoms with van der Waals surface area (Å²) in [6.45, 7) is 7.60. The van der Waals surface area contributed by atoms with E-state index in [4.69, 9.17) is 0 Å². The Kier molecular flexibility index (Phi) is 5.80. The monoisotopic (exact) mass is 288 g/mol. The first-order valence-electron chi connectivity index (χ1n) is 8.15. The van der Waals surface area contributed by atoms with Gasteiger partial charge in [-0.3, -0.25) is 4.79 Å². The Hall–Kier alpha value is -1.35. The van der Waals surface area contributed by atoms with E-state index in [1.165, 1.54) is 5.56 Å². The zero-order valence-electron chi connectivity index (χ0n) is 13.4. The maximum atomic E-state index is 12.4. The Morgan fingerprint density at radius 3 is 2.67 bits per heavy atom. The molecule has 0 radical (unpaired) electrons. The largest absolute Gasteiger partial charge is 0.352 e. The van der Waals surface area contributed by atoms with E-state index < -0.39 is 0 Å². The van der Waals surface area contributed by atoms with Gasteiger partial charge in [-0.1, -0.05) is 44.2 Å². The fourth-order valence-electron chi connectivity index (χ4n) is 3.15. The number of amides is 1. The van der Waals surface area contributed by atoms with Crippen molar-refractivity contribution in [3.05, 3.63) is 35.9 Å². The molecule has 21 heavy (non-hydrogen) atoms. The van der Waals surface area contributed by atoms with Crippen LogP contribution in [-0.4, -0.2) is 24.5 Å². The molecule has 0 aromatic heterocycles. The molecule has 1 aromatic rings. The number of carbonyl (C=O) groups is 1. The van der Waals surface area contributed by atoms with Crippen LogP contribution in [0, 0.1) is 5.92 Å². The SMILES string of the molecule is CC(C)C(CC(=O)NC1CCCNC1C)c1ccccc1. The first-order chi connectivity index (χ1) is 10.1. The number of benzene rings is 1. The normalized spacial score (nSPS) is 23.8. The molecule has 0 spiro atoms. The lowest BCUT2D eigenvalue weighted by molar-refractivity contribution is -0.122. The first-order valence-corrected chi connectivity index (χ1v) is 8.15. The van der Waals surface area contributed by atoms with Crippen LogP contribution < -0.4 is 10.6 Å². The van der Waals surface area contributed by atoms with Crippen molar-refractivity contribution in [3.63, 3.8) is 0 Å². The third kappa shape index (κ3) is 4.57. The molecule has 1 amide bonds. The Balaban J connectivity index is 1.95. The summed E-state index contributed by atoms with van der Waals surface area (Å²) in [4.78, 5) is 12.4. The van der Waals surface area contributed by atoms with Gasteiger partial charge in [0.15, 0.2) is 0 Å². The molecule has 3 unspecified atom stereocenters. The van der Waals surface area contributed by atoms with Crippen LogP contribution in [0.2, 0.25) is 0 Å². The van der Waals surface area contributed by atoms with Gasteiger partial charge in [0.05, 0.1) is 0 Å². The van der Waals surface area contributed by atoms with Gasteiger partial charge >= 0.3 is 0 Å². The maximum Gasteiger partial charge on any atom is 0.220 e. The topological polar surface area (TPSA) is 41.1 Å². The van der Waals surface area contributed by atoms with Crippen LogP contribution in [0.15, 0.2) is 30.3 Å². The van der Waals surface area contributed by atoms with Gasteiger partial charge in [0.25, 0.3) is 0 Å². The number of piperidine rings is 1. The van der Waals surface area contributed by atoms with Gasteiger partial charge in [0.1, 0.15) is 0 Å². The molecule has 1 aliphatic rings. The standard InChI is InChI=1S/C18H28N2O/c1-13(2)16(15-8-5-4-6-9-15)12-18(21)20-17-10-7-11-19-14(17)3/h4-6,8-9,13-14,16-17,19H,7,10-12H2,1-3H3,(H,20,21). The predicted octanol–water partition coefficient (Wildman–Crippen LogP) is 3.07. The summed E-state index contributed by atoms with van der Waals surface area (Å²) >= 11 is 0. The highest BCUT2D eigenvalue weighted by Gasteiger charge is 2.25. The number of hydrogen-bond acceptors (Lipinski definition) is 2. The average molecular weight is 288 g/mol. The summed E-state index contributed by atoms with van der Waals surface area (Å²) in [5, 5.41) is 6.65. The minimum Gasteiger partial charge on any atom is -0.352 e. The summed E-state index contributed by atoms with van der Waals surface area (Å²) in [7, 11) is 0. The van der Waals surface area contributed by atoms with E-state index in [1.807, 2.05) is 6.07 Å². The molecule has 1 aliphatic heterocycles. The molecule has 0 aliphatic carbocycles. The molecule has 1 saturated heterocycles. The highest BCUT2D eigenvalue weighted by Crippen LogP contribution is 2.27. The van der Waals surface area contributed by atoms with Crippen LogP contribution in [0.1, 0.15) is 51.5 Å². The van der Waals surface area contributed by atoms with Gasteiger partial charge in [-0.05, 0) is 43.7 Å². The van der Waals surface area contributed by atoms with E-state index in [2.05, 4.69) is 55.7 Å². The number of rotatable bonds is 5. The van der Waals surface area contributed by atoms with Gasteiger partial charge in [0.2, 0.25) is 5.91 Å². The lowest BCUT2D eigenvalue weighted by Crippen LogP contribution is -2.52. The molecule has 3 heteroatoms. The van der Waals surface area contributed by atoms with Crippen LogP contribution in [0.5, 0.6) is 0 Å². The fourth-order valence-corrected chi connectivity index (χ4v) is 3.15. The summed E-state index contributed by atoms with van der Waals surface area (Å²) in [5.41, 5.74) is 1.26. The van der Waals surface area contributed by atoms with Gasteiger partial charge in [-0.25, -0.2) is 0 Å². The summed E-state index contributed by atoms with van der Waals surface area (Å²) in [6.07, 6.45) is 2.80. The van der Waals surface area contributed by atoms with Crippen molar-refractivity contribution in [1.29, 1.82) is 0 Å². The van der Waals surface area contributed by atoms with Gasteiger partial charge in [0, 0.05) is 18.5 Å². The van der Waals surface area contributed by atoms with Crippen molar-refractivity contribution in [1.82, 2.24) is 10.6 Å². The second-order valence-electron chi connectivity index (χ2n) is 6.52. The van der Waals surface area contributed by atoms with Crippen molar-refractivity contribution >= 4 is 5.91 Å². The van der Waals surface area contributed by atoms with E-state index in [1.54, 1.807) is 0 Å². The molecular formula is C18H28N2O. The van der Waals surface area contributed by atoms with Crippen LogP contribution in [0.3, 0.4) is 0 Å². The minimum atomic E-state index is 0.179. The van der Waals surface area contributed by atoms with E-state index in [-0.39, 0.29) is 17.9 Å². The molecule has 2 rings (SSSR count). The van der Waals surface area contributed by atoms with Gasteiger partial charge < -0.3 is 10.6 Å². The average Bonchev–Trinajstić information content (AvgIpc) is 2.48.